The van der Waals surface area contributed by atoms with Gasteiger partial charge in [0, 0.05) is 29.2 Å². The summed E-state index contributed by atoms with van der Waals surface area (Å²) in [5.41, 5.74) is 3.55. The van der Waals surface area contributed by atoms with Crippen molar-refractivity contribution in [1.82, 2.24) is 19.7 Å². The molecule has 2 aromatic carbocycles. The number of carbonyl (C=O) groups is 1. The summed E-state index contributed by atoms with van der Waals surface area (Å²) in [4.78, 5) is 16.9. The lowest BCUT2D eigenvalue weighted by Gasteiger charge is -2.11. The van der Waals surface area contributed by atoms with E-state index in [0.29, 0.717) is 23.2 Å². The molecule has 2 aromatic heterocycles. The van der Waals surface area contributed by atoms with Crippen molar-refractivity contribution in [3.05, 3.63) is 84.2 Å². The Kier molecular flexibility index (Phi) is 6.43. The maximum Gasteiger partial charge on any atom is 0.196 e. The zero-order chi connectivity index (χ0) is 21.6. The molecule has 0 saturated carbocycles. The molecule has 4 aromatic rings. The molecule has 0 N–H and O–H groups in total. The number of ether oxygens (including phenoxy) is 1. The van der Waals surface area contributed by atoms with Gasteiger partial charge in [0.1, 0.15) is 5.75 Å². The van der Waals surface area contributed by atoms with Gasteiger partial charge in [0.05, 0.1) is 12.4 Å². The van der Waals surface area contributed by atoms with E-state index in [1.54, 1.807) is 12.4 Å². The van der Waals surface area contributed by atoms with Gasteiger partial charge in [-0.15, -0.1) is 10.2 Å². The molecule has 2 heterocycles. The van der Waals surface area contributed by atoms with Crippen molar-refractivity contribution in [3.8, 4) is 22.8 Å². The molecule has 0 aliphatic rings. The summed E-state index contributed by atoms with van der Waals surface area (Å²) in [6, 6.07) is 19.2. The van der Waals surface area contributed by atoms with Gasteiger partial charge in [0.25, 0.3) is 0 Å². The Labute approximate surface area is 185 Å². The summed E-state index contributed by atoms with van der Waals surface area (Å²) < 4.78 is 7.50. The van der Waals surface area contributed by atoms with Crippen molar-refractivity contribution in [2.75, 3.05) is 12.4 Å². The molecule has 156 valence electrons. The first-order valence-electron chi connectivity index (χ1n) is 9.97. The fourth-order valence-electron chi connectivity index (χ4n) is 3.09. The van der Waals surface area contributed by atoms with E-state index in [-0.39, 0.29) is 11.5 Å². The first-order valence-corrected chi connectivity index (χ1v) is 11.0. The number of carbonyl (C=O) groups excluding carboxylic acids is 1. The minimum absolute atomic E-state index is 0.0502. The summed E-state index contributed by atoms with van der Waals surface area (Å²) in [7, 11) is 0. The number of aromatic nitrogens is 4. The summed E-state index contributed by atoms with van der Waals surface area (Å²) in [5, 5.41) is 9.41. The normalized spacial score (nSPS) is 10.8. The third-order valence-electron chi connectivity index (χ3n) is 4.66. The predicted molar refractivity (Wildman–Crippen MR) is 122 cm³/mol. The average Bonchev–Trinajstić information content (AvgIpc) is 3.23. The zero-order valence-electron chi connectivity index (χ0n) is 17.4. The second-order valence-electron chi connectivity index (χ2n) is 6.89. The fourth-order valence-corrected chi connectivity index (χ4v) is 3.94. The number of benzene rings is 2. The van der Waals surface area contributed by atoms with Crippen LogP contribution >= 0.6 is 11.8 Å². The van der Waals surface area contributed by atoms with Crippen LogP contribution in [-0.4, -0.2) is 37.9 Å². The van der Waals surface area contributed by atoms with Crippen molar-refractivity contribution in [2.24, 2.45) is 0 Å². The molecule has 0 aliphatic heterocycles. The number of nitrogens with zero attached hydrogens (tertiary/aromatic N) is 4. The Morgan fingerprint density at radius 3 is 2.48 bits per heavy atom. The molecule has 0 fully saturated rings. The van der Waals surface area contributed by atoms with E-state index in [4.69, 9.17) is 4.74 Å². The molecule has 7 heteroatoms. The first kappa shape index (κ1) is 20.8. The summed E-state index contributed by atoms with van der Waals surface area (Å²) >= 11 is 1.37. The number of Topliss-reactive ketones (excluding diaryl/α,β-unsaturated/α-hetero) is 1. The highest BCUT2D eigenvalue weighted by Gasteiger charge is 2.18. The van der Waals surface area contributed by atoms with Gasteiger partial charge in [-0.1, -0.05) is 41.6 Å². The van der Waals surface area contributed by atoms with E-state index >= 15 is 0 Å². The molecule has 0 atom stereocenters. The highest BCUT2D eigenvalue weighted by Crippen LogP contribution is 2.29. The second kappa shape index (κ2) is 9.57. The number of aryl methyl sites for hydroxylation is 1. The van der Waals surface area contributed by atoms with Gasteiger partial charge in [-0.05, 0) is 50.2 Å². The Morgan fingerprint density at radius 2 is 1.81 bits per heavy atom. The Morgan fingerprint density at radius 1 is 1.03 bits per heavy atom. The Hall–Kier alpha value is -3.45. The first-order chi connectivity index (χ1) is 15.2. The summed E-state index contributed by atoms with van der Waals surface area (Å²) in [6.45, 7) is 4.56. The predicted octanol–water partition coefficient (Wildman–Crippen LogP) is 5.01. The van der Waals surface area contributed by atoms with E-state index in [0.717, 1.165) is 22.6 Å². The molecular weight excluding hydrogens is 408 g/mol. The largest absolute Gasteiger partial charge is 0.494 e. The molecule has 0 radical (unpaired) electrons. The number of ketones is 1. The third kappa shape index (κ3) is 4.83. The summed E-state index contributed by atoms with van der Waals surface area (Å²) in [6.07, 6.45) is 3.47. The number of hydrogen-bond donors (Lipinski definition) is 0. The van der Waals surface area contributed by atoms with E-state index in [1.807, 2.05) is 79.1 Å². The van der Waals surface area contributed by atoms with Gasteiger partial charge in [-0.25, -0.2) is 0 Å². The van der Waals surface area contributed by atoms with Crippen LogP contribution in [0, 0.1) is 6.92 Å². The van der Waals surface area contributed by atoms with Gasteiger partial charge >= 0.3 is 0 Å². The molecule has 0 aliphatic carbocycles. The summed E-state index contributed by atoms with van der Waals surface area (Å²) in [5.74, 6) is 1.79. The molecule has 0 bridgehead atoms. The number of thioether (sulfide) groups is 1. The Balaban J connectivity index is 1.65. The van der Waals surface area contributed by atoms with Crippen LogP contribution in [0.5, 0.6) is 5.75 Å². The van der Waals surface area contributed by atoms with Crippen molar-refractivity contribution in [2.45, 2.75) is 19.0 Å². The van der Waals surface area contributed by atoms with Gasteiger partial charge in [-0.2, -0.15) is 0 Å². The highest BCUT2D eigenvalue weighted by molar-refractivity contribution is 7.99. The van der Waals surface area contributed by atoms with E-state index in [9.17, 15) is 4.79 Å². The second-order valence-corrected chi connectivity index (χ2v) is 7.83. The topological polar surface area (TPSA) is 69.9 Å². The highest BCUT2D eigenvalue weighted by atomic mass is 32.2. The van der Waals surface area contributed by atoms with Gasteiger partial charge in [-0.3, -0.25) is 14.3 Å². The van der Waals surface area contributed by atoms with Crippen LogP contribution in [0.15, 0.2) is 78.2 Å². The lowest BCUT2D eigenvalue weighted by molar-refractivity contribution is 0.102. The minimum Gasteiger partial charge on any atom is -0.494 e. The molecule has 0 unspecified atom stereocenters. The smallest absolute Gasteiger partial charge is 0.196 e. The van der Waals surface area contributed by atoms with E-state index < -0.39 is 0 Å². The van der Waals surface area contributed by atoms with E-state index in [1.165, 1.54) is 11.8 Å². The lowest BCUT2D eigenvalue weighted by Crippen LogP contribution is -2.05. The quantitative estimate of drug-likeness (QED) is 0.289. The van der Waals surface area contributed by atoms with Crippen molar-refractivity contribution in [3.63, 3.8) is 0 Å². The van der Waals surface area contributed by atoms with Gasteiger partial charge < -0.3 is 4.74 Å². The number of pyridine rings is 1. The van der Waals surface area contributed by atoms with Gasteiger partial charge in [0.15, 0.2) is 16.8 Å². The van der Waals surface area contributed by atoms with E-state index in [2.05, 4.69) is 15.2 Å². The monoisotopic (exact) mass is 430 g/mol. The van der Waals surface area contributed by atoms with Crippen LogP contribution in [0.25, 0.3) is 17.1 Å². The van der Waals surface area contributed by atoms with Crippen LogP contribution in [-0.2, 0) is 0 Å². The fraction of sp³-hybridized carbons (Fsp3) is 0.167. The van der Waals surface area contributed by atoms with Crippen LogP contribution in [0.2, 0.25) is 0 Å². The van der Waals surface area contributed by atoms with Crippen LogP contribution in [0.3, 0.4) is 0 Å². The minimum atomic E-state index is 0.0502. The SMILES string of the molecule is CCOc1ccc(-n2c(SCC(=O)c3ccc(C)cc3)nnc2-c2cccnc2)cc1. The maximum absolute atomic E-state index is 12.7. The van der Waals surface area contributed by atoms with Crippen molar-refractivity contribution >= 4 is 17.5 Å². The number of hydrogen-bond acceptors (Lipinski definition) is 6. The molecule has 6 nitrogen and oxygen atoms in total. The zero-order valence-corrected chi connectivity index (χ0v) is 18.2. The van der Waals surface area contributed by atoms with Crippen molar-refractivity contribution < 1.29 is 9.53 Å². The average molecular weight is 431 g/mol. The number of rotatable bonds is 8. The third-order valence-corrected chi connectivity index (χ3v) is 5.59. The molecule has 0 amide bonds. The van der Waals surface area contributed by atoms with Crippen LogP contribution in [0.1, 0.15) is 22.8 Å². The van der Waals surface area contributed by atoms with Crippen molar-refractivity contribution in [1.29, 1.82) is 0 Å². The molecule has 0 spiro atoms. The standard InChI is InChI=1S/C24H22N4O2S/c1-3-30-21-12-10-20(11-13-21)28-23(19-5-4-14-25-15-19)26-27-24(28)31-16-22(29)18-8-6-17(2)7-9-18/h4-15H,3,16H2,1-2H3. The maximum atomic E-state index is 12.7. The molecule has 31 heavy (non-hydrogen) atoms. The molecule has 0 saturated heterocycles. The lowest BCUT2D eigenvalue weighted by atomic mass is 10.1. The molecular formula is C24H22N4O2S. The molecule has 4 rings (SSSR count). The van der Waals surface area contributed by atoms with Crippen LogP contribution in [0.4, 0.5) is 0 Å². The van der Waals surface area contributed by atoms with Crippen LogP contribution < -0.4 is 4.74 Å². The van der Waals surface area contributed by atoms with Gasteiger partial charge in [0.2, 0.25) is 0 Å². The Bertz CT molecular complexity index is 1160.